The highest BCUT2D eigenvalue weighted by molar-refractivity contribution is 7.99. The second-order valence-electron chi connectivity index (χ2n) is 6.78. The van der Waals surface area contributed by atoms with Crippen molar-refractivity contribution in [3.8, 4) is 0 Å². The third-order valence-corrected chi connectivity index (χ3v) is 7.00. The van der Waals surface area contributed by atoms with Crippen molar-refractivity contribution in [3.63, 3.8) is 0 Å². The molecule has 0 saturated heterocycles. The summed E-state index contributed by atoms with van der Waals surface area (Å²) in [5.74, 6) is 1.73. The number of nitrogens with one attached hydrogen (secondary N) is 1. The monoisotopic (exact) mass is 395 g/mol. The average Bonchev–Trinajstić information content (AvgIpc) is 2.89. The molecule has 7 heteroatoms. The van der Waals surface area contributed by atoms with Crippen LogP contribution in [-0.4, -0.2) is 38.6 Å². The Morgan fingerprint density at radius 3 is 2.42 bits per heavy atom. The maximum absolute atomic E-state index is 12.7. The Kier molecular flexibility index (Phi) is 7.29. The summed E-state index contributed by atoms with van der Waals surface area (Å²) in [5.41, 5.74) is 0.922. The topological polar surface area (TPSA) is 66.1 Å². The molecule has 1 amide bonds. The summed E-state index contributed by atoms with van der Waals surface area (Å²) in [5, 5.41) is 0.692. The lowest BCUT2D eigenvalue weighted by molar-refractivity contribution is -0.132. The van der Waals surface area contributed by atoms with Gasteiger partial charge in [0.05, 0.1) is 16.9 Å². The fourth-order valence-corrected chi connectivity index (χ4v) is 4.80. The summed E-state index contributed by atoms with van der Waals surface area (Å²) in [4.78, 5) is 36.4. The summed E-state index contributed by atoms with van der Waals surface area (Å²) in [6, 6.07) is 0.480. The van der Waals surface area contributed by atoms with E-state index in [-0.39, 0.29) is 23.6 Å². The van der Waals surface area contributed by atoms with Gasteiger partial charge in [-0.3, -0.25) is 9.59 Å². The summed E-state index contributed by atoms with van der Waals surface area (Å²) in [7, 11) is 0. The lowest BCUT2D eigenvalue weighted by Crippen LogP contribution is -2.45. The minimum absolute atomic E-state index is 0.0837. The van der Waals surface area contributed by atoms with Crippen LogP contribution in [0, 0.1) is 13.8 Å². The van der Waals surface area contributed by atoms with Crippen molar-refractivity contribution in [2.45, 2.75) is 72.2 Å². The smallest absolute Gasteiger partial charge is 0.259 e. The van der Waals surface area contributed by atoms with E-state index < -0.39 is 0 Å². The Balaban J connectivity index is 2.06. The zero-order chi connectivity index (χ0) is 19.4. The van der Waals surface area contributed by atoms with Crippen molar-refractivity contribution in [2.24, 2.45) is 0 Å². The number of amides is 1. The van der Waals surface area contributed by atoms with Gasteiger partial charge in [-0.25, -0.2) is 4.98 Å². The van der Waals surface area contributed by atoms with E-state index in [0.717, 1.165) is 28.1 Å². The van der Waals surface area contributed by atoms with Crippen LogP contribution in [0.5, 0.6) is 0 Å². The number of carbonyl (C=O) groups is 1. The van der Waals surface area contributed by atoms with Crippen LogP contribution in [0.15, 0.2) is 4.79 Å². The highest BCUT2D eigenvalue weighted by atomic mass is 32.2. The van der Waals surface area contributed by atoms with E-state index in [1.807, 2.05) is 18.7 Å². The van der Waals surface area contributed by atoms with E-state index in [9.17, 15) is 9.59 Å². The SMILES string of the molecule is CC[C@@H](C)N(C(=O)CSCc1nc2sc(C)c(C)c2c(=O)[nH]1)[C@H](C)CC. The predicted molar refractivity (Wildman–Crippen MR) is 112 cm³/mol. The van der Waals surface area contributed by atoms with Gasteiger partial charge in [-0.05, 0) is 46.1 Å². The first-order valence-corrected chi connectivity index (χ1v) is 11.1. The van der Waals surface area contributed by atoms with Crippen LogP contribution in [0.25, 0.3) is 10.2 Å². The van der Waals surface area contributed by atoms with Gasteiger partial charge in [-0.15, -0.1) is 23.1 Å². The van der Waals surface area contributed by atoms with Crippen LogP contribution in [0.1, 0.15) is 56.8 Å². The number of aromatic amines is 1. The van der Waals surface area contributed by atoms with Crippen LogP contribution in [0.4, 0.5) is 0 Å². The maximum Gasteiger partial charge on any atom is 0.259 e. The van der Waals surface area contributed by atoms with Crippen LogP contribution in [0.2, 0.25) is 0 Å². The van der Waals surface area contributed by atoms with Gasteiger partial charge < -0.3 is 9.88 Å². The van der Waals surface area contributed by atoms with Crippen molar-refractivity contribution < 1.29 is 4.79 Å². The zero-order valence-electron chi connectivity index (χ0n) is 16.5. The zero-order valence-corrected chi connectivity index (χ0v) is 18.1. The molecule has 5 nitrogen and oxygen atoms in total. The molecule has 0 radical (unpaired) electrons. The Hall–Kier alpha value is -1.34. The minimum atomic E-state index is -0.0837. The van der Waals surface area contributed by atoms with Crippen molar-refractivity contribution in [1.29, 1.82) is 0 Å². The van der Waals surface area contributed by atoms with Crippen LogP contribution < -0.4 is 5.56 Å². The van der Waals surface area contributed by atoms with E-state index in [4.69, 9.17) is 0 Å². The molecule has 144 valence electrons. The van der Waals surface area contributed by atoms with Crippen LogP contribution >= 0.6 is 23.1 Å². The number of hydrogen-bond donors (Lipinski definition) is 1. The molecule has 0 spiro atoms. The fourth-order valence-electron chi connectivity index (χ4n) is 3.00. The van der Waals surface area contributed by atoms with E-state index in [2.05, 4.69) is 37.7 Å². The third-order valence-electron chi connectivity index (χ3n) is 4.97. The number of nitrogens with zero attached hydrogens (tertiary/aromatic N) is 2. The quantitative estimate of drug-likeness (QED) is 0.725. The Morgan fingerprint density at radius 1 is 1.23 bits per heavy atom. The first kappa shape index (κ1) is 21.0. The molecule has 2 aromatic rings. The normalized spacial score (nSPS) is 13.8. The molecule has 0 saturated carbocycles. The number of H-pyrrole nitrogens is 1. The van der Waals surface area contributed by atoms with Gasteiger partial charge in [0.2, 0.25) is 5.91 Å². The van der Waals surface area contributed by atoms with Crippen LogP contribution in [0.3, 0.4) is 0 Å². The predicted octanol–water partition coefficient (Wildman–Crippen LogP) is 4.26. The highest BCUT2D eigenvalue weighted by Crippen LogP contribution is 2.26. The summed E-state index contributed by atoms with van der Waals surface area (Å²) in [6.45, 7) is 12.4. The molecule has 1 N–H and O–H groups in total. The number of aromatic nitrogens is 2. The van der Waals surface area contributed by atoms with Gasteiger partial charge in [0.25, 0.3) is 5.56 Å². The number of aryl methyl sites for hydroxylation is 2. The average molecular weight is 396 g/mol. The molecular formula is C19H29N3O2S2. The summed E-state index contributed by atoms with van der Waals surface area (Å²) in [6.07, 6.45) is 1.90. The van der Waals surface area contributed by atoms with Gasteiger partial charge in [-0.1, -0.05) is 13.8 Å². The Labute approximate surface area is 163 Å². The lowest BCUT2D eigenvalue weighted by Gasteiger charge is -2.34. The first-order chi connectivity index (χ1) is 12.3. The molecule has 0 bridgehead atoms. The van der Waals surface area contributed by atoms with E-state index >= 15 is 0 Å². The molecule has 2 heterocycles. The molecule has 0 aromatic carbocycles. The minimum Gasteiger partial charge on any atom is -0.337 e. The Morgan fingerprint density at radius 2 is 1.85 bits per heavy atom. The number of carbonyl (C=O) groups excluding carboxylic acids is 1. The van der Waals surface area contributed by atoms with Gasteiger partial charge in [0.15, 0.2) is 0 Å². The maximum atomic E-state index is 12.7. The first-order valence-electron chi connectivity index (χ1n) is 9.17. The van der Waals surface area contributed by atoms with Crippen molar-refractivity contribution >= 4 is 39.2 Å². The van der Waals surface area contributed by atoms with Crippen molar-refractivity contribution in [1.82, 2.24) is 14.9 Å². The van der Waals surface area contributed by atoms with Crippen molar-refractivity contribution in [3.05, 3.63) is 26.6 Å². The highest BCUT2D eigenvalue weighted by Gasteiger charge is 2.23. The molecule has 0 aliphatic rings. The molecule has 0 fully saturated rings. The number of thiophene rings is 1. The molecule has 2 aromatic heterocycles. The molecule has 0 aliphatic heterocycles. The van der Waals surface area contributed by atoms with E-state index in [0.29, 0.717) is 22.7 Å². The number of fused-ring (bicyclic) bond motifs is 1. The second kappa shape index (κ2) is 9.04. The molecule has 2 atom stereocenters. The molecule has 2 rings (SSSR count). The number of thioether (sulfide) groups is 1. The lowest BCUT2D eigenvalue weighted by atomic mass is 10.1. The standard InChI is InChI=1S/C19H29N3O2S2/c1-7-11(3)22(12(4)8-2)16(23)10-25-9-15-20-18(24)17-13(5)14(6)26-19(17)21-15/h11-12H,7-10H2,1-6H3,(H,20,21,24)/t11-,12-/m1/s1. The fraction of sp³-hybridized carbons (Fsp3) is 0.632. The molecular weight excluding hydrogens is 366 g/mol. The molecule has 0 unspecified atom stereocenters. The molecule has 0 aliphatic carbocycles. The van der Waals surface area contributed by atoms with Gasteiger partial charge in [0, 0.05) is 17.0 Å². The second-order valence-corrected chi connectivity index (χ2v) is 8.97. The summed E-state index contributed by atoms with van der Waals surface area (Å²) >= 11 is 3.06. The van der Waals surface area contributed by atoms with Crippen molar-refractivity contribution in [2.75, 3.05) is 5.75 Å². The number of hydrogen-bond acceptors (Lipinski definition) is 5. The van der Waals surface area contributed by atoms with Gasteiger partial charge in [-0.2, -0.15) is 0 Å². The van der Waals surface area contributed by atoms with Gasteiger partial charge >= 0.3 is 0 Å². The molecule has 26 heavy (non-hydrogen) atoms. The third kappa shape index (κ3) is 4.49. The van der Waals surface area contributed by atoms with E-state index in [1.165, 1.54) is 11.8 Å². The van der Waals surface area contributed by atoms with Crippen LogP contribution in [-0.2, 0) is 10.5 Å². The summed E-state index contributed by atoms with van der Waals surface area (Å²) < 4.78 is 0. The Bertz CT molecular complexity index is 818. The van der Waals surface area contributed by atoms with Gasteiger partial charge in [0.1, 0.15) is 10.7 Å². The van der Waals surface area contributed by atoms with E-state index in [1.54, 1.807) is 11.3 Å². The largest absolute Gasteiger partial charge is 0.337 e. The number of rotatable bonds is 8.